The summed E-state index contributed by atoms with van der Waals surface area (Å²) in [6, 6.07) is 13.8. The maximum absolute atomic E-state index is 13.9. The average Bonchev–Trinajstić information content (AvgIpc) is 2.93. The van der Waals surface area contributed by atoms with Gasteiger partial charge in [-0.15, -0.1) is 0 Å². The third-order valence-corrected chi connectivity index (χ3v) is 8.52. The number of likely N-dealkylation sites (tertiary alicyclic amines) is 1. The van der Waals surface area contributed by atoms with Gasteiger partial charge in [-0.25, -0.2) is 0 Å². The van der Waals surface area contributed by atoms with E-state index in [1.165, 1.54) is 25.3 Å². The van der Waals surface area contributed by atoms with E-state index < -0.39 is 17.8 Å². The van der Waals surface area contributed by atoms with Crippen LogP contribution in [0.5, 0.6) is 0 Å². The molecule has 40 heavy (non-hydrogen) atoms. The number of benzene rings is 2. The first-order valence-electron chi connectivity index (χ1n) is 14.5. The second kappa shape index (κ2) is 13.2. The molecule has 5 nitrogen and oxygen atoms in total. The van der Waals surface area contributed by atoms with Crippen molar-refractivity contribution >= 4 is 11.8 Å². The summed E-state index contributed by atoms with van der Waals surface area (Å²) in [4.78, 5) is 32.5. The molecule has 1 unspecified atom stereocenters. The van der Waals surface area contributed by atoms with Gasteiger partial charge >= 0.3 is 6.18 Å². The van der Waals surface area contributed by atoms with E-state index in [1.54, 1.807) is 31.9 Å². The minimum atomic E-state index is -4.40. The summed E-state index contributed by atoms with van der Waals surface area (Å²) in [6.45, 7) is 5.06. The van der Waals surface area contributed by atoms with Crippen molar-refractivity contribution in [2.75, 3.05) is 26.7 Å². The smallest absolute Gasteiger partial charge is 0.344 e. The van der Waals surface area contributed by atoms with Crippen LogP contribution < -0.4 is 0 Å². The Kier molecular flexibility index (Phi) is 9.93. The Hall–Kier alpha value is -2.87. The molecule has 2 amide bonds. The van der Waals surface area contributed by atoms with E-state index in [1.807, 2.05) is 30.3 Å². The first-order chi connectivity index (χ1) is 19.0. The topological polar surface area (TPSA) is 43.9 Å². The second-order valence-electron chi connectivity index (χ2n) is 11.5. The van der Waals surface area contributed by atoms with E-state index in [0.29, 0.717) is 43.2 Å². The molecule has 0 N–H and O–H groups in total. The molecular weight excluding hydrogens is 515 g/mol. The van der Waals surface area contributed by atoms with Crippen molar-refractivity contribution in [1.29, 1.82) is 0 Å². The maximum atomic E-state index is 13.9. The van der Waals surface area contributed by atoms with E-state index in [2.05, 4.69) is 9.80 Å². The molecular formula is C32H42F3N3O2. The lowest BCUT2D eigenvalue weighted by molar-refractivity contribution is -0.140. The maximum Gasteiger partial charge on any atom is 0.416 e. The van der Waals surface area contributed by atoms with Gasteiger partial charge in [-0.3, -0.25) is 14.5 Å². The molecule has 1 aliphatic carbocycles. The number of hydrogen-bond acceptors (Lipinski definition) is 3. The lowest BCUT2D eigenvalue weighted by Crippen LogP contribution is -2.53. The summed E-state index contributed by atoms with van der Waals surface area (Å²) < 4.78 is 39.9. The summed E-state index contributed by atoms with van der Waals surface area (Å²) in [5.74, 6) is 0.0784. The van der Waals surface area contributed by atoms with E-state index in [-0.39, 0.29) is 17.9 Å². The summed E-state index contributed by atoms with van der Waals surface area (Å²) in [5.41, 5.74) is 1.37. The van der Waals surface area contributed by atoms with Crippen LogP contribution in [0.2, 0.25) is 0 Å². The van der Waals surface area contributed by atoms with Crippen LogP contribution >= 0.6 is 0 Å². The Labute approximate surface area is 236 Å². The van der Waals surface area contributed by atoms with Gasteiger partial charge in [0, 0.05) is 45.7 Å². The number of rotatable bonds is 8. The van der Waals surface area contributed by atoms with Crippen molar-refractivity contribution in [2.24, 2.45) is 0 Å². The van der Waals surface area contributed by atoms with Crippen LogP contribution in [0.1, 0.15) is 80.2 Å². The fourth-order valence-electron chi connectivity index (χ4n) is 6.52. The molecule has 0 spiro atoms. The predicted octanol–water partition coefficient (Wildman–Crippen LogP) is 6.40. The highest BCUT2D eigenvalue weighted by Gasteiger charge is 2.37. The first kappa shape index (κ1) is 30.1. The van der Waals surface area contributed by atoms with Gasteiger partial charge in [0.25, 0.3) is 0 Å². The molecule has 2 aromatic rings. The number of carbonyl (C=O) groups is 2. The van der Waals surface area contributed by atoms with Crippen molar-refractivity contribution in [3.05, 3.63) is 70.8 Å². The molecule has 2 fully saturated rings. The fraction of sp³-hybridized carbons (Fsp3) is 0.562. The number of halogens is 3. The lowest BCUT2D eigenvalue weighted by atomic mass is 9.90. The van der Waals surface area contributed by atoms with Crippen LogP contribution in [0, 0.1) is 6.92 Å². The SMILES string of the molecule is CC(=O)N(C1CCCCC1)C1CCN(C(C(=O)N(C)CCc2cc(C)cc(C(F)(F)F)c2)c2ccccc2)CC1. The number of amides is 2. The summed E-state index contributed by atoms with van der Waals surface area (Å²) in [7, 11) is 1.73. The van der Waals surface area contributed by atoms with Crippen molar-refractivity contribution in [1.82, 2.24) is 14.7 Å². The van der Waals surface area contributed by atoms with Gasteiger partial charge in [-0.2, -0.15) is 13.2 Å². The van der Waals surface area contributed by atoms with Gasteiger partial charge in [-0.1, -0.05) is 61.2 Å². The average molecular weight is 558 g/mol. The third-order valence-electron chi connectivity index (χ3n) is 8.52. The number of aryl methyl sites for hydroxylation is 1. The number of piperidine rings is 1. The highest BCUT2D eigenvalue weighted by atomic mass is 19.4. The molecule has 1 heterocycles. The molecule has 0 radical (unpaired) electrons. The molecule has 1 atom stereocenters. The van der Waals surface area contributed by atoms with Gasteiger partial charge in [-0.05, 0) is 62.3 Å². The number of nitrogens with zero attached hydrogens (tertiary/aromatic N) is 3. The first-order valence-corrected chi connectivity index (χ1v) is 14.5. The molecule has 4 rings (SSSR count). The van der Waals surface area contributed by atoms with Crippen molar-refractivity contribution in [2.45, 2.75) is 89.5 Å². The zero-order valence-corrected chi connectivity index (χ0v) is 23.9. The Morgan fingerprint density at radius 3 is 2.17 bits per heavy atom. The lowest BCUT2D eigenvalue weighted by Gasteiger charge is -2.45. The minimum Gasteiger partial charge on any atom is -0.344 e. The molecule has 8 heteroatoms. The number of carbonyl (C=O) groups excluding carboxylic acids is 2. The summed E-state index contributed by atoms with van der Waals surface area (Å²) >= 11 is 0. The molecule has 1 saturated heterocycles. The molecule has 0 aromatic heterocycles. The standard InChI is InChI=1S/C32H42F3N3O2/c1-23-20-25(22-27(21-23)32(33,34)35)14-17-36(3)31(40)30(26-10-6-4-7-11-26)37-18-15-29(16-19-37)38(24(2)39)28-12-8-5-9-13-28/h4,6-7,10-11,20-22,28-30H,5,8-9,12-19H2,1-3H3. The highest BCUT2D eigenvalue weighted by Crippen LogP contribution is 2.33. The van der Waals surface area contributed by atoms with E-state index >= 15 is 0 Å². The van der Waals surface area contributed by atoms with Gasteiger partial charge in [0.1, 0.15) is 6.04 Å². The van der Waals surface area contributed by atoms with Crippen molar-refractivity contribution < 1.29 is 22.8 Å². The predicted molar refractivity (Wildman–Crippen MR) is 151 cm³/mol. The Bertz CT molecular complexity index is 1140. The third kappa shape index (κ3) is 7.45. The molecule has 0 bridgehead atoms. The van der Waals surface area contributed by atoms with Gasteiger partial charge in [0.2, 0.25) is 11.8 Å². The molecule has 2 aliphatic rings. The van der Waals surface area contributed by atoms with E-state index in [0.717, 1.165) is 37.3 Å². The molecule has 1 saturated carbocycles. The minimum absolute atomic E-state index is 0.0657. The monoisotopic (exact) mass is 557 g/mol. The zero-order valence-electron chi connectivity index (χ0n) is 23.9. The van der Waals surface area contributed by atoms with Crippen LogP contribution in [0.25, 0.3) is 0 Å². The van der Waals surface area contributed by atoms with Crippen LogP contribution in [0.4, 0.5) is 13.2 Å². The van der Waals surface area contributed by atoms with E-state index in [4.69, 9.17) is 0 Å². The number of likely N-dealkylation sites (N-methyl/N-ethyl adjacent to an activating group) is 1. The van der Waals surface area contributed by atoms with Crippen LogP contribution in [0.15, 0.2) is 48.5 Å². The largest absolute Gasteiger partial charge is 0.416 e. The zero-order chi connectivity index (χ0) is 28.9. The van der Waals surface area contributed by atoms with Gasteiger partial charge in [0.15, 0.2) is 0 Å². The number of hydrogen-bond donors (Lipinski definition) is 0. The normalized spacial score (nSPS) is 18.4. The van der Waals surface area contributed by atoms with Crippen LogP contribution in [0.3, 0.4) is 0 Å². The Balaban J connectivity index is 1.45. The van der Waals surface area contributed by atoms with Crippen molar-refractivity contribution in [3.8, 4) is 0 Å². The van der Waals surface area contributed by atoms with Gasteiger partial charge < -0.3 is 9.80 Å². The number of alkyl halides is 3. The highest BCUT2D eigenvalue weighted by molar-refractivity contribution is 5.83. The van der Waals surface area contributed by atoms with E-state index in [9.17, 15) is 22.8 Å². The summed E-state index contributed by atoms with van der Waals surface area (Å²) in [6.07, 6.45) is 3.30. The van der Waals surface area contributed by atoms with Gasteiger partial charge in [0.05, 0.1) is 5.56 Å². The molecule has 1 aliphatic heterocycles. The van der Waals surface area contributed by atoms with Crippen LogP contribution in [-0.4, -0.2) is 65.3 Å². The Morgan fingerprint density at radius 2 is 1.57 bits per heavy atom. The van der Waals surface area contributed by atoms with Crippen LogP contribution in [-0.2, 0) is 22.2 Å². The quantitative estimate of drug-likeness (QED) is 0.377. The summed E-state index contributed by atoms with van der Waals surface area (Å²) in [5, 5.41) is 0. The van der Waals surface area contributed by atoms with Crippen molar-refractivity contribution in [3.63, 3.8) is 0 Å². The Morgan fingerprint density at radius 1 is 0.950 bits per heavy atom. The molecule has 218 valence electrons. The fourth-order valence-corrected chi connectivity index (χ4v) is 6.52. The molecule has 2 aromatic carbocycles. The second-order valence-corrected chi connectivity index (χ2v) is 11.5.